The van der Waals surface area contributed by atoms with Crippen LogP contribution in [0.15, 0.2) is 60.7 Å². The molecule has 6 aliphatic heterocycles. The monoisotopic (exact) mass is 1330 g/mol. The molecule has 2 aromatic carbocycles. The summed E-state index contributed by atoms with van der Waals surface area (Å²) < 4.78 is 63.6. The first-order valence-corrected chi connectivity index (χ1v) is 33.6. The van der Waals surface area contributed by atoms with Crippen LogP contribution in [0.2, 0.25) is 0 Å². The van der Waals surface area contributed by atoms with E-state index in [2.05, 4.69) is 45.0 Å². The molecule has 0 aliphatic carbocycles. The molecule has 478 valence electrons. The molecule has 0 radical (unpaired) electrons. The molecular weight excluding hydrogens is 1230 g/mol. The fraction of sp³-hybridized carbons (Fsp3) is 0.697. The second-order valence-corrected chi connectivity index (χ2v) is 27.7. The van der Waals surface area contributed by atoms with Gasteiger partial charge in [-0.1, -0.05) is 109 Å². The van der Waals surface area contributed by atoms with E-state index in [1.165, 1.54) is 35.5 Å². The maximum Gasteiger partial charge on any atom is 0.417 e. The van der Waals surface area contributed by atoms with E-state index in [9.17, 15) is 14.4 Å². The third-order valence-corrected chi connectivity index (χ3v) is 18.3. The number of unbranched alkanes of at least 4 members (excludes halogenated alkanes) is 10. The third kappa shape index (κ3) is 17.4. The Kier molecular flexibility index (Phi) is 24.7. The Balaban J connectivity index is 0.950. The average molecular weight is 1330 g/mol. The fourth-order valence-corrected chi connectivity index (χ4v) is 13.6. The largest absolute Gasteiger partial charge is 0.497 e. The maximum atomic E-state index is 15.0. The van der Waals surface area contributed by atoms with E-state index in [0.717, 1.165) is 106 Å². The van der Waals surface area contributed by atoms with E-state index in [4.69, 9.17) is 47.4 Å². The summed E-state index contributed by atoms with van der Waals surface area (Å²) in [5.41, 5.74) is 1.04. The molecule has 0 aromatic heterocycles. The minimum Gasteiger partial charge on any atom is -0.497 e. The Morgan fingerprint density at radius 2 is 1.06 bits per heavy atom. The molecule has 0 N–H and O–H groups in total. The van der Waals surface area contributed by atoms with Crippen molar-refractivity contribution in [3.63, 3.8) is 0 Å². The second kappa shape index (κ2) is 31.4. The second-order valence-electron chi connectivity index (χ2n) is 25.7. The molecule has 20 heteroatoms. The molecule has 4 fully saturated rings. The van der Waals surface area contributed by atoms with Crippen LogP contribution >= 0.6 is 31.9 Å². The first-order chi connectivity index (χ1) is 41.2. The summed E-state index contributed by atoms with van der Waals surface area (Å²) in [5, 5.41) is 1.02. The first kappa shape index (κ1) is 67.6. The van der Waals surface area contributed by atoms with E-state index in [0.29, 0.717) is 55.5 Å². The summed E-state index contributed by atoms with van der Waals surface area (Å²) in [5.74, 6) is 0.383. The highest BCUT2D eigenvalue weighted by Crippen LogP contribution is 2.44. The first-order valence-electron chi connectivity index (χ1n) is 31.6. The highest BCUT2D eigenvalue weighted by atomic mass is 79.9. The van der Waals surface area contributed by atoms with Gasteiger partial charge in [0.15, 0.2) is 25.0 Å². The summed E-state index contributed by atoms with van der Waals surface area (Å²) in [4.78, 5) is 65.3. The van der Waals surface area contributed by atoms with E-state index in [-0.39, 0.29) is 47.0 Å². The Bertz CT molecular complexity index is 2620. The predicted octanol–water partition coefficient (Wildman–Crippen LogP) is 14.2. The minimum absolute atomic E-state index is 0.00778. The number of ether oxygens (including phenoxy) is 10. The zero-order chi connectivity index (χ0) is 61.7. The topological polar surface area (TPSA) is 174 Å². The van der Waals surface area contributed by atoms with Gasteiger partial charge in [0.25, 0.3) is 11.8 Å². The van der Waals surface area contributed by atoms with E-state index >= 15 is 4.79 Å². The molecule has 0 saturated carbocycles. The van der Waals surface area contributed by atoms with Crippen LogP contribution in [0.25, 0.3) is 0 Å². The van der Waals surface area contributed by atoms with Crippen LogP contribution in [-0.4, -0.2) is 158 Å². The predicted molar refractivity (Wildman–Crippen MR) is 338 cm³/mol. The van der Waals surface area contributed by atoms with Gasteiger partial charge >= 0.3 is 12.2 Å². The lowest BCUT2D eigenvalue weighted by atomic mass is 10.00. The van der Waals surface area contributed by atoms with E-state index in [1.54, 1.807) is 60.4 Å². The van der Waals surface area contributed by atoms with Crippen molar-refractivity contribution < 1.29 is 66.5 Å². The summed E-state index contributed by atoms with van der Waals surface area (Å²) in [6.07, 6.45) is 12.8. The number of hydrogen-bond acceptors (Lipinski definition) is 14. The zero-order valence-electron chi connectivity index (χ0n) is 52.3. The van der Waals surface area contributed by atoms with E-state index < -0.39 is 72.7 Å². The number of anilines is 2. The third-order valence-electron chi connectivity index (χ3n) is 16.7. The molecule has 6 heterocycles. The summed E-state index contributed by atoms with van der Waals surface area (Å²) in [6, 6.07) is 8.70. The number of hydrogen-bond donors (Lipinski definition) is 0. The van der Waals surface area contributed by atoms with E-state index in [1.807, 2.05) is 41.5 Å². The van der Waals surface area contributed by atoms with Gasteiger partial charge in [-0.15, -0.1) is 0 Å². The molecule has 0 bridgehead atoms. The van der Waals surface area contributed by atoms with Crippen molar-refractivity contribution in [1.82, 2.24) is 9.80 Å². The van der Waals surface area contributed by atoms with Gasteiger partial charge < -0.3 is 57.2 Å². The fourth-order valence-electron chi connectivity index (χ4n) is 12.5. The van der Waals surface area contributed by atoms with Crippen molar-refractivity contribution in [2.75, 3.05) is 62.3 Å². The lowest BCUT2D eigenvalue weighted by Gasteiger charge is -2.41. The molecule has 6 unspecified atom stereocenters. The summed E-state index contributed by atoms with van der Waals surface area (Å²) in [6.45, 7) is 21.8. The number of alkyl halides is 2. The van der Waals surface area contributed by atoms with Crippen LogP contribution in [0.3, 0.4) is 0 Å². The minimum atomic E-state index is -1.05. The normalized spacial score (nSPS) is 25.0. The van der Waals surface area contributed by atoms with Crippen LogP contribution in [0.5, 0.6) is 11.5 Å². The SMILES string of the molecule is C=C1CN2C(=O)c3cc(OC)ccc3N(C(=O)OC(C)(C)C)[C@@H](OC3CCCCO3)[C@@H]2C1OCCCCCCCCC(OC1C(=C)CN2C(=O)c3cc(OC)ccc3N(C(=O)OC(C)(C)C)[C@@H](OC3CCCCO3)[C@H]12)C(Br)CCCCCCCCBr. The van der Waals surface area contributed by atoms with Crippen molar-refractivity contribution in [1.29, 1.82) is 0 Å². The van der Waals surface area contributed by atoms with Crippen LogP contribution in [-0.2, 0) is 37.9 Å². The highest BCUT2D eigenvalue weighted by molar-refractivity contribution is 9.09. The van der Waals surface area contributed by atoms with Crippen LogP contribution in [0.1, 0.15) is 191 Å². The Morgan fingerprint density at radius 3 is 1.51 bits per heavy atom. The summed E-state index contributed by atoms with van der Waals surface area (Å²) >= 11 is 7.71. The Labute approximate surface area is 527 Å². The molecular formula is C66H96Br2N4O14. The molecule has 4 amide bonds. The number of nitrogens with zero attached hydrogens (tertiary/aromatic N) is 4. The molecule has 8 rings (SSSR count). The molecule has 18 nitrogen and oxygen atoms in total. The van der Waals surface area contributed by atoms with Gasteiger partial charge in [0.1, 0.15) is 47.0 Å². The average Bonchev–Trinajstić information content (AvgIpc) is 1.63. The Morgan fingerprint density at radius 1 is 0.616 bits per heavy atom. The van der Waals surface area contributed by atoms with Gasteiger partial charge in [0.2, 0.25) is 0 Å². The molecule has 0 spiro atoms. The smallest absolute Gasteiger partial charge is 0.417 e. The number of carbonyl (C=O) groups excluding carboxylic acids is 4. The standard InChI is InChI=1S/C66H96Br2N4O14/c1-43-41-69-55(61(83-53-29-21-25-36-79-53)71(63(75)85-65(3,4)5)50-33-31-45(77-9)39-47(50)59(69)73)57(43)81-38-24-18-14-12-16-20-28-52(49(68)27-19-15-11-13-17-23-35-67)82-58-44(2)42-70-56(58)62(84-54-30-22-26-37-80-54)72(64(76)86-66(6,7)8)51-34-32-46(78-10)40-48(51)60(70)74/h31-34,39-40,49,52-58,61-62H,1-2,11-30,35-38,41-42H2,3-10H3/t49?,52?,53?,54?,55-,56-,57?,58?,61-,62-/m0/s1. The van der Waals surface area contributed by atoms with Gasteiger partial charge in [0, 0.05) is 43.1 Å². The van der Waals surface area contributed by atoms with Crippen molar-refractivity contribution >= 4 is 67.2 Å². The maximum absolute atomic E-state index is 15.0. The number of carbonyl (C=O) groups is 4. The van der Waals surface area contributed by atoms with Crippen molar-refractivity contribution in [3.8, 4) is 11.5 Å². The van der Waals surface area contributed by atoms with Crippen LogP contribution < -0.4 is 19.3 Å². The highest BCUT2D eigenvalue weighted by Gasteiger charge is 2.56. The molecule has 4 saturated heterocycles. The number of benzene rings is 2. The van der Waals surface area contributed by atoms with Crippen LogP contribution in [0.4, 0.5) is 21.0 Å². The quantitative estimate of drug-likeness (QED) is 0.0469. The van der Waals surface area contributed by atoms with Crippen molar-refractivity contribution in [3.05, 3.63) is 71.8 Å². The van der Waals surface area contributed by atoms with Crippen molar-refractivity contribution in [2.45, 2.75) is 241 Å². The number of methoxy groups -OCH3 is 2. The van der Waals surface area contributed by atoms with Gasteiger partial charge in [0.05, 0.1) is 42.8 Å². The van der Waals surface area contributed by atoms with Gasteiger partial charge in [-0.3, -0.25) is 9.59 Å². The van der Waals surface area contributed by atoms with Gasteiger partial charge in [-0.2, -0.15) is 0 Å². The molecule has 6 aliphatic rings. The van der Waals surface area contributed by atoms with Crippen molar-refractivity contribution in [2.24, 2.45) is 0 Å². The van der Waals surface area contributed by atoms with Gasteiger partial charge in [-0.05, 0) is 153 Å². The summed E-state index contributed by atoms with van der Waals surface area (Å²) in [7, 11) is 3.09. The zero-order valence-corrected chi connectivity index (χ0v) is 55.5. The molecule has 86 heavy (non-hydrogen) atoms. The van der Waals surface area contributed by atoms with Gasteiger partial charge in [-0.25, -0.2) is 19.4 Å². The molecule has 2 aromatic rings. The molecule has 10 atom stereocenters. The van der Waals surface area contributed by atoms with Crippen LogP contribution in [0, 0.1) is 0 Å². The number of amides is 4. The number of rotatable bonds is 27. The Hall–Kier alpha value is -4.28. The number of fused-ring (bicyclic) bond motifs is 4. The lowest BCUT2D eigenvalue weighted by Crippen LogP contribution is -2.58. The lowest BCUT2D eigenvalue weighted by molar-refractivity contribution is -0.202. The number of halogens is 2.